The van der Waals surface area contributed by atoms with E-state index in [1.54, 1.807) is 0 Å². The maximum atomic E-state index is 13.0. The molecule has 1 fully saturated rings. The molecule has 7 heteroatoms. The Morgan fingerprint density at radius 2 is 2.29 bits per heavy atom. The van der Waals surface area contributed by atoms with Crippen LogP contribution in [0.4, 0.5) is 10.1 Å². The molecule has 0 spiro atoms. The number of nitro benzene ring substituents is 1. The van der Waals surface area contributed by atoms with Gasteiger partial charge in [-0.3, -0.25) is 10.1 Å². The summed E-state index contributed by atoms with van der Waals surface area (Å²) in [4.78, 5) is 21.1. The number of halogens is 1. The lowest BCUT2D eigenvalue weighted by molar-refractivity contribution is -0.386. The highest BCUT2D eigenvalue weighted by molar-refractivity contribution is 5.77. The molecule has 1 saturated heterocycles. The lowest BCUT2D eigenvalue weighted by Gasteiger charge is -2.09. The number of carbonyl (C=O) groups excluding carboxylic acids is 1. The Morgan fingerprint density at radius 3 is 2.88 bits per heavy atom. The average Bonchev–Trinajstić information content (AvgIpc) is 2.64. The number of esters is 1. The minimum atomic E-state index is -0.907. The van der Waals surface area contributed by atoms with Crippen molar-refractivity contribution >= 4 is 11.7 Å². The molecule has 1 aliphatic rings. The number of carbonyl (C=O) groups is 1. The topological polar surface area (TPSA) is 78.7 Å². The number of rotatable bonds is 3. The van der Waals surface area contributed by atoms with Crippen molar-refractivity contribution in [3.05, 3.63) is 34.1 Å². The highest BCUT2D eigenvalue weighted by Crippen LogP contribution is 2.29. The van der Waals surface area contributed by atoms with Gasteiger partial charge in [-0.25, -0.2) is 9.18 Å². The van der Waals surface area contributed by atoms with Crippen LogP contribution in [0.1, 0.15) is 6.42 Å². The minimum Gasteiger partial charge on any atom is -0.471 e. The van der Waals surface area contributed by atoms with Crippen molar-refractivity contribution in [3.63, 3.8) is 0 Å². The third kappa shape index (κ3) is 2.32. The first-order chi connectivity index (χ1) is 8.08. The second-order valence-electron chi connectivity index (χ2n) is 3.43. The molecule has 2 rings (SSSR count). The number of nitro groups is 1. The quantitative estimate of drug-likeness (QED) is 0.454. The Balaban J connectivity index is 2.27. The first kappa shape index (κ1) is 11.3. The molecular formula is C10H8FNO5. The molecule has 1 aromatic carbocycles. The molecular weight excluding hydrogens is 233 g/mol. The number of nitrogens with zero attached hydrogens (tertiary/aromatic N) is 1. The van der Waals surface area contributed by atoms with Crippen LogP contribution in [-0.4, -0.2) is 23.6 Å². The third-order valence-corrected chi connectivity index (χ3v) is 2.28. The van der Waals surface area contributed by atoms with E-state index in [1.807, 2.05) is 0 Å². The van der Waals surface area contributed by atoms with Crippen LogP contribution >= 0.6 is 0 Å². The van der Waals surface area contributed by atoms with Crippen molar-refractivity contribution in [1.29, 1.82) is 0 Å². The Kier molecular flexibility index (Phi) is 2.90. The number of hydrogen-bond acceptors (Lipinski definition) is 5. The van der Waals surface area contributed by atoms with Crippen molar-refractivity contribution in [3.8, 4) is 5.75 Å². The Labute approximate surface area is 95.1 Å². The van der Waals surface area contributed by atoms with Crippen LogP contribution in [0.25, 0.3) is 0 Å². The SMILES string of the molecule is O=C1OCCC1Oc1cc(F)ccc1[N+](=O)[O-]. The van der Waals surface area contributed by atoms with Gasteiger partial charge >= 0.3 is 11.7 Å². The average molecular weight is 241 g/mol. The lowest BCUT2D eigenvalue weighted by atomic mass is 10.2. The summed E-state index contributed by atoms with van der Waals surface area (Å²) in [6.07, 6.45) is -0.609. The van der Waals surface area contributed by atoms with Gasteiger partial charge in [-0.05, 0) is 6.07 Å². The van der Waals surface area contributed by atoms with E-state index in [-0.39, 0.29) is 18.0 Å². The van der Waals surface area contributed by atoms with Gasteiger partial charge in [-0.2, -0.15) is 0 Å². The Hall–Kier alpha value is -2.18. The third-order valence-electron chi connectivity index (χ3n) is 2.28. The van der Waals surface area contributed by atoms with E-state index in [4.69, 9.17) is 4.74 Å². The maximum Gasteiger partial charge on any atom is 0.347 e. The van der Waals surface area contributed by atoms with Gasteiger partial charge in [0.2, 0.25) is 5.75 Å². The summed E-state index contributed by atoms with van der Waals surface area (Å²) in [5.41, 5.74) is -0.383. The van der Waals surface area contributed by atoms with Gasteiger partial charge < -0.3 is 9.47 Å². The van der Waals surface area contributed by atoms with Gasteiger partial charge in [0, 0.05) is 18.6 Å². The van der Waals surface area contributed by atoms with E-state index in [0.717, 1.165) is 18.2 Å². The van der Waals surface area contributed by atoms with Crippen molar-refractivity contribution in [2.45, 2.75) is 12.5 Å². The zero-order chi connectivity index (χ0) is 12.4. The molecule has 17 heavy (non-hydrogen) atoms. The number of benzene rings is 1. The van der Waals surface area contributed by atoms with Gasteiger partial charge in [0.15, 0.2) is 6.10 Å². The molecule has 1 heterocycles. The van der Waals surface area contributed by atoms with E-state index in [1.165, 1.54) is 0 Å². The van der Waals surface area contributed by atoms with Crippen LogP contribution in [0, 0.1) is 15.9 Å². The lowest BCUT2D eigenvalue weighted by Crippen LogP contribution is -2.22. The van der Waals surface area contributed by atoms with Crippen LogP contribution in [-0.2, 0) is 9.53 Å². The predicted octanol–water partition coefficient (Wildman–Crippen LogP) is 1.43. The smallest absolute Gasteiger partial charge is 0.347 e. The van der Waals surface area contributed by atoms with Gasteiger partial charge in [0.25, 0.3) is 0 Å². The van der Waals surface area contributed by atoms with Crippen LogP contribution in [0.3, 0.4) is 0 Å². The fourth-order valence-electron chi connectivity index (χ4n) is 1.47. The summed E-state index contributed by atoms with van der Waals surface area (Å²) in [5.74, 6) is -1.53. The van der Waals surface area contributed by atoms with Gasteiger partial charge in [0.05, 0.1) is 11.5 Å². The molecule has 1 unspecified atom stereocenters. The summed E-state index contributed by atoms with van der Waals surface area (Å²) in [5, 5.41) is 10.7. The van der Waals surface area contributed by atoms with Crippen LogP contribution in [0.5, 0.6) is 5.75 Å². The molecule has 0 amide bonds. The number of ether oxygens (including phenoxy) is 2. The largest absolute Gasteiger partial charge is 0.471 e. The molecule has 90 valence electrons. The van der Waals surface area contributed by atoms with Crippen molar-refractivity contribution in [2.75, 3.05) is 6.61 Å². The Morgan fingerprint density at radius 1 is 1.53 bits per heavy atom. The zero-order valence-corrected chi connectivity index (χ0v) is 8.59. The number of cyclic esters (lactones) is 1. The van der Waals surface area contributed by atoms with Gasteiger partial charge in [0.1, 0.15) is 5.82 Å². The van der Waals surface area contributed by atoms with Crippen LogP contribution in [0.2, 0.25) is 0 Å². The van der Waals surface area contributed by atoms with E-state index in [9.17, 15) is 19.3 Å². The maximum absolute atomic E-state index is 13.0. The molecule has 1 aliphatic heterocycles. The van der Waals surface area contributed by atoms with Crippen molar-refractivity contribution < 1.29 is 23.6 Å². The van der Waals surface area contributed by atoms with E-state index in [0.29, 0.717) is 6.42 Å². The second kappa shape index (κ2) is 4.36. The highest BCUT2D eigenvalue weighted by Gasteiger charge is 2.30. The van der Waals surface area contributed by atoms with Crippen LogP contribution in [0.15, 0.2) is 18.2 Å². The molecule has 0 radical (unpaired) electrons. The molecule has 1 atom stereocenters. The molecule has 0 N–H and O–H groups in total. The minimum absolute atomic E-state index is 0.201. The first-order valence-corrected chi connectivity index (χ1v) is 4.85. The predicted molar refractivity (Wildman–Crippen MR) is 53.0 cm³/mol. The summed E-state index contributed by atoms with van der Waals surface area (Å²) < 4.78 is 22.7. The summed E-state index contributed by atoms with van der Waals surface area (Å²) in [6, 6.07) is 2.83. The fourth-order valence-corrected chi connectivity index (χ4v) is 1.47. The molecule has 0 saturated carbocycles. The molecule has 0 aromatic heterocycles. The second-order valence-corrected chi connectivity index (χ2v) is 3.43. The summed E-state index contributed by atoms with van der Waals surface area (Å²) in [7, 11) is 0. The van der Waals surface area contributed by atoms with Gasteiger partial charge in [-0.1, -0.05) is 0 Å². The number of hydrogen-bond donors (Lipinski definition) is 0. The van der Waals surface area contributed by atoms with Crippen molar-refractivity contribution in [2.24, 2.45) is 0 Å². The molecule has 0 bridgehead atoms. The first-order valence-electron chi connectivity index (χ1n) is 4.85. The standard InChI is InChI=1S/C10H8FNO5/c11-6-1-2-7(12(14)15)9(5-6)17-8-3-4-16-10(8)13/h1-2,5,8H,3-4H2. The molecule has 6 nitrogen and oxygen atoms in total. The van der Waals surface area contributed by atoms with E-state index >= 15 is 0 Å². The summed E-state index contributed by atoms with van der Waals surface area (Å²) >= 11 is 0. The highest BCUT2D eigenvalue weighted by atomic mass is 19.1. The Bertz CT molecular complexity index is 476. The normalized spacial score (nSPS) is 18.9. The summed E-state index contributed by atoms with van der Waals surface area (Å²) in [6.45, 7) is 0.201. The van der Waals surface area contributed by atoms with Crippen LogP contribution < -0.4 is 4.74 Å². The zero-order valence-electron chi connectivity index (χ0n) is 8.59. The monoisotopic (exact) mass is 241 g/mol. The van der Waals surface area contributed by atoms with E-state index in [2.05, 4.69) is 4.74 Å². The van der Waals surface area contributed by atoms with Crippen molar-refractivity contribution in [1.82, 2.24) is 0 Å². The molecule has 0 aliphatic carbocycles. The fraction of sp³-hybridized carbons (Fsp3) is 0.300. The molecule has 1 aromatic rings. The van der Waals surface area contributed by atoms with E-state index < -0.39 is 22.8 Å². The van der Waals surface area contributed by atoms with Gasteiger partial charge in [-0.15, -0.1) is 0 Å².